The molecule has 0 fully saturated rings. The Morgan fingerprint density at radius 2 is 1.82 bits per heavy atom. The number of para-hydroxylation sites is 1. The number of hydrogen-bond donors (Lipinski definition) is 1. The molecule has 162 valence electrons. The van der Waals surface area contributed by atoms with Crippen molar-refractivity contribution in [1.82, 2.24) is 9.78 Å². The third-order valence-corrected chi connectivity index (χ3v) is 5.79. The molecule has 1 amide bonds. The summed E-state index contributed by atoms with van der Waals surface area (Å²) in [6.45, 7) is 2.50. The number of carbonyl (C=O) groups excluding carboxylic acids is 1. The number of nitrogens with one attached hydrogen (secondary N) is 1. The highest BCUT2D eigenvalue weighted by Gasteiger charge is 2.36. The summed E-state index contributed by atoms with van der Waals surface area (Å²) in [5, 5.41) is 17.5. The van der Waals surface area contributed by atoms with Crippen molar-refractivity contribution in [2.24, 2.45) is 0 Å². The lowest BCUT2D eigenvalue weighted by Crippen LogP contribution is -2.43. The van der Waals surface area contributed by atoms with E-state index in [-0.39, 0.29) is 5.91 Å². The number of nitriles is 1. The summed E-state index contributed by atoms with van der Waals surface area (Å²) in [6, 6.07) is 27.6. The minimum Gasteiger partial charge on any atom is -0.360 e. The van der Waals surface area contributed by atoms with Crippen LogP contribution in [0.4, 0.5) is 11.4 Å². The highest BCUT2D eigenvalue weighted by molar-refractivity contribution is 6.12. The fraction of sp³-hybridized carbons (Fsp3) is 0.148. The van der Waals surface area contributed by atoms with Crippen molar-refractivity contribution in [3.63, 3.8) is 0 Å². The van der Waals surface area contributed by atoms with Crippen LogP contribution in [0, 0.1) is 18.3 Å². The fourth-order valence-electron chi connectivity index (χ4n) is 4.25. The molecule has 0 unspecified atom stereocenters. The number of aryl methyl sites for hydroxylation is 2. The molecule has 0 saturated heterocycles. The molecule has 0 saturated carbocycles. The number of nitrogens with zero attached hydrogens (tertiary/aromatic N) is 4. The molecule has 6 nitrogen and oxygen atoms in total. The van der Waals surface area contributed by atoms with E-state index in [0.717, 1.165) is 33.8 Å². The molecule has 1 N–H and O–H groups in total. The molecule has 33 heavy (non-hydrogen) atoms. The number of amides is 1. The second kappa shape index (κ2) is 8.64. The van der Waals surface area contributed by atoms with Crippen LogP contribution in [0.1, 0.15) is 34.1 Å². The number of rotatable bonds is 5. The van der Waals surface area contributed by atoms with Crippen molar-refractivity contribution < 1.29 is 4.79 Å². The topological polar surface area (TPSA) is 74.0 Å². The van der Waals surface area contributed by atoms with Gasteiger partial charge in [0, 0.05) is 28.7 Å². The van der Waals surface area contributed by atoms with Gasteiger partial charge in [0.15, 0.2) is 0 Å². The van der Waals surface area contributed by atoms with Crippen LogP contribution in [-0.4, -0.2) is 15.7 Å². The smallest absolute Gasteiger partial charge is 0.262 e. The molecule has 0 bridgehead atoms. The molecule has 2 heterocycles. The molecular weight excluding hydrogens is 410 g/mol. The van der Waals surface area contributed by atoms with E-state index in [1.54, 1.807) is 9.58 Å². The Labute approximate surface area is 192 Å². The summed E-state index contributed by atoms with van der Waals surface area (Å²) < 4.78 is 1.79. The molecule has 1 aliphatic rings. The summed E-state index contributed by atoms with van der Waals surface area (Å²) in [6.07, 6.45) is 1.85. The van der Waals surface area contributed by atoms with Gasteiger partial charge in [0.1, 0.15) is 6.17 Å². The Balaban J connectivity index is 1.69. The maximum absolute atomic E-state index is 13.8. The third-order valence-electron chi connectivity index (χ3n) is 5.79. The summed E-state index contributed by atoms with van der Waals surface area (Å²) in [4.78, 5) is 15.6. The molecule has 6 heteroatoms. The predicted molar refractivity (Wildman–Crippen MR) is 129 cm³/mol. The average Bonchev–Trinajstić information content (AvgIpc) is 3.27. The van der Waals surface area contributed by atoms with Gasteiger partial charge in [0.2, 0.25) is 0 Å². The van der Waals surface area contributed by atoms with E-state index >= 15 is 0 Å². The van der Waals surface area contributed by atoms with E-state index in [1.165, 1.54) is 0 Å². The first-order chi connectivity index (χ1) is 16.2. The van der Waals surface area contributed by atoms with E-state index in [0.29, 0.717) is 18.5 Å². The zero-order valence-electron chi connectivity index (χ0n) is 18.3. The lowest BCUT2D eigenvalue weighted by atomic mass is 10.00. The second-order valence-electron chi connectivity index (χ2n) is 8.08. The Morgan fingerprint density at radius 1 is 1.03 bits per heavy atom. The van der Waals surface area contributed by atoms with Gasteiger partial charge in [-0.05, 0) is 36.8 Å². The molecule has 3 aromatic carbocycles. The van der Waals surface area contributed by atoms with Crippen molar-refractivity contribution in [2.75, 3.05) is 10.2 Å². The van der Waals surface area contributed by atoms with Gasteiger partial charge in [0.25, 0.3) is 5.91 Å². The van der Waals surface area contributed by atoms with Crippen LogP contribution in [0.15, 0.2) is 85.1 Å². The molecule has 4 aromatic rings. The van der Waals surface area contributed by atoms with Gasteiger partial charge in [-0.3, -0.25) is 14.4 Å². The first-order valence-electron chi connectivity index (χ1n) is 10.9. The zero-order chi connectivity index (χ0) is 22.8. The number of aromatic nitrogens is 2. The highest BCUT2D eigenvalue weighted by atomic mass is 16.2. The molecule has 5 rings (SSSR count). The van der Waals surface area contributed by atoms with Crippen LogP contribution in [0.3, 0.4) is 0 Å². The highest BCUT2D eigenvalue weighted by Crippen LogP contribution is 2.39. The molecular formula is C27H23N5O. The third kappa shape index (κ3) is 3.85. The molecule has 1 aliphatic heterocycles. The van der Waals surface area contributed by atoms with Crippen LogP contribution in [0.25, 0.3) is 11.3 Å². The first-order valence-corrected chi connectivity index (χ1v) is 10.9. The summed E-state index contributed by atoms with van der Waals surface area (Å²) >= 11 is 0. The molecule has 0 radical (unpaired) electrons. The standard InChI is InChI=1S/C27H23N5O/c1-19-9-7-12-21(17-19)32-26(29-24-14-6-5-13-22(24)27(32)33)23-18-31(16-8-15-28)30-25(23)20-10-3-2-4-11-20/h2-7,9-14,17-18,26,29H,8,16H2,1H3/t26-/m0/s1. The van der Waals surface area contributed by atoms with Gasteiger partial charge in [0.05, 0.1) is 30.3 Å². The van der Waals surface area contributed by atoms with Gasteiger partial charge in [-0.25, -0.2) is 0 Å². The normalized spacial score (nSPS) is 15.0. The van der Waals surface area contributed by atoms with E-state index in [9.17, 15) is 4.79 Å². The van der Waals surface area contributed by atoms with E-state index in [2.05, 4.69) is 11.4 Å². The average molecular weight is 434 g/mol. The number of fused-ring (bicyclic) bond motifs is 1. The maximum atomic E-state index is 13.8. The summed E-state index contributed by atoms with van der Waals surface area (Å²) in [5.41, 5.74) is 5.94. The predicted octanol–water partition coefficient (Wildman–Crippen LogP) is 5.54. The van der Waals surface area contributed by atoms with Gasteiger partial charge in [-0.2, -0.15) is 10.4 Å². The minimum atomic E-state index is -0.458. The number of carbonyl (C=O) groups is 1. The number of anilines is 2. The SMILES string of the molecule is Cc1cccc(N2C(=O)c3ccccc3N[C@@H]2c2cn(CCC#N)nc2-c2ccccc2)c1. The summed E-state index contributed by atoms with van der Waals surface area (Å²) in [7, 11) is 0. The number of hydrogen-bond acceptors (Lipinski definition) is 4. The van der Waals surface area contributed by atoms with E-state index in [4.69, 9.17) is 10.4 Å². The van der Waals surface area contributed by atoms with E-state index in [1.807, 2.05) is 92.0 Å². The summed E-state index contributed by atoms with van der Waals surface area (Å²) in [5.74, 6) is -0.0660. The van der Waals surface area contributed by atoms with Crippen molar-refractivity contribution >= 4 is 17.3 Å². The lowest BCUT2D eigenvalue weighted by molar-refractivity contribution is 0.0975. The monoisotopic (exact) mass is 433 g/mol. The van der Waals surface area contributed by atoms with Crippen LogP contribution in [0.2, 0.25) is 0 Å². The Morgan fingerprint density at radius 3 is 2.61 bits per heavy atom. The van der Waals surface area contributed by atoms with Gasteiger partial charge in [-0.15, -0.1) is 0 Å². The maximum Gasteiger partial charge on any atom is 0.262 e. The number of benzene rings is 3. The van der Waals surface area contributed by atoms with Crippen molar-refractivity contribution in [2.45, 2.75) is 26.1 Å². The van der Waals surface area contributed by atoms with Gasteiger partial charge >= 0.3 is 0 Å². The first kappa shape index (κ1) is 20.5. The quantitative estimate of drug-likeness (QED) is 0.448. The fourth-order valence-corrected chi connectivity index (χ4v) is 4.25. The van der Waals surface area contributed by atoms with Crippen molar-refractivity contribution in [3.05, 3.63) is 102 Å². The zero-order valence-corrected chi connectivity index (χ0v) is 18.3. The van der Waals surface area contributed by atoms with E-state index < -0.39 is 6.17 Å². The van der Waals surface area contributed by atoms with Crippen molar-refractivity contribution in [1.29, 1.82) is 5.26 Å². The molecule has 1 aromatic heterocycles. The van der Waals surface area contributed by atoms with Crippen LogP contribution in [-0.2, 0) is 6.54 Å². The Bertz CT molecular complexity index is 1350. The van der Waals surface area contributed by atoms with Crippen LogP contribution < -0.4 is 10.2 Å². The Hall–Kier alpha value is -4.37. The second-order valence-corrected chi connectivity index (χ2v) is 8.08. The van der Waals surface area contributed by atoms with Gasteiger partial charge < -0.3 is 5.32 Å². The molecule has 0 aliphatic carbocycles. The largest absolute Gasteiger partial charge is 0.360 e. The van der Waals surface area contributed by atoms with Gasteiger partial charge in [-0.1, -0.05) is 54.6 Å². The van der Waals surface area contributed by atoms with Crippen LogP contribution >= 0.6 is 0 Å². The minimum absolute atomic E-state index is 0.0660. The van der Waals surface area contributed by atoms with Crippen molar-refractivity contribution in [3.8, 4) is 17.3 Å². The Kier molecular flexibility index (Phi) is 5.37. The molecule has 0 spiro atoms. The van der Waals surface area contributed by atoms with Crippen LogP contribution in [0.5, 0.6) is 0 Å². The molecule has 1 atom stereocenters. The lowest BCUT2D eigenvalue weighted by Gasteiger charge is -2.38.